The summed E-state index contributed by atoms with van der Waals surface area (Å²) in [5.74, 6) is 0.392. The number of rotatable bonds is 4. The van der Waals surface area contributed by atoms with Crippen LogP contribution in [0.5, 0.6) is 0 Å². The average Bonchev–Trinajstić information content (AvgIpc) is 1.80. The minimum absolute atomic E-state index is 0.0948. The zero-order valence-electron chi connectivity index (χ0n) is 9.77. The molecule has 0 heterocycles. The predicted octanol–water partition coefficient (Wildman–Crippen LogP) is 2.37. The number of ketones is 1. The van der Waals surface area contributed by atoms with Gasteiger partial charge in [0.2, 0.25) is 0 Å². The summed E-state index contributed by atoms with van der Waals surface area (Å²) in [6, 6.07) is 0. The first kappa shape index (κ1) is 12.6. The molecule has 2 N–H and O–H groups in total. The van der Waals surface area contributed by atoms with Gasteiger partial charge in [-0.15, -0.1) is 0 Å². The quantitative estimate of drug-likeness (QED) is 0.730. The Kier molecular flexibility index (Phi) is 3.68. The zero-order chi connectivity index (χ0) is 10.9. The maximum absolute atomic E-state index is 11.8. The van der Waals surface area contributed by atoms with Crippen molar-refractivity contribution in [2.45, 2.75) is 53.5 Å². The van der Waals surface area contributed by atoms with E-state index in [1.54, 1.807) is 0 Å². The number of carbonyl (C=O) groups is 1. The van der Waals surface area contributed by atoms with E-state index in [2.05, 4.69) is 0 Å². The summed E-state index contributed by atoms with van der Waals surface area (Å²) in [4.78, 5) is 11.8. The third kappa shape index (κ3) is 4.41. The molecule has 0 aliphatic carbocycles. The highest BCUT2D eigenvalue weighted by Gasteiger charge is 2.33. The standard InChI is InChI=1S/C11H23NO/c1-8(2)9(13)10(3,4)7-11(5,6)12/h8H,7,12H2,1-6H3. The molecule has 78 valence electrons. The summed E-state index contributed by atoms with van der Waals surface area (Å²) in [5.41, 5.74) is 5.34. The fraction of sp³-hybridized carbons (Fsp3) is 0.909. The van der Waals surface area contributed by atoms with E-state index in [0.29, 0.717) is 5.78 Å². The van der Waals surface area contributed by atoms with Gasteiger partial charge in [0.25, 0.3) is 0 Å². The summed E-state index contributed by atoms with van der Waals surface area (Å²) in [6.07, 6.45) is 0.733. The lowest BCUT2D eigenvalue weighted by molar-refractivity contribution is -0.131. The van der Waals surface area contributed by atoms with Crippen molar-refractivity contribution in [3.8, 4) is 0 Å². The topological polar surface area (TPSA) is 43.1 Å². The van der Waals surface area contributed by atoms with Gasteiger partial charge in [-0.2, -0.15) is 0 Å². The summed E-state index contributed by atoms with van der Waals surface area (Å²) in [6.45, 7) is 11.7. The number of hydrogen-bond acceptors (Lipinski definition) is 2. The van der Waals surface area contributed by atoms with Gasteiger partial charge in [0.1, 0.15) is 5.78 Å². The van der Waals surface area contributed by atoms with Crippen molar-refractivity contribution in [1.29, 1.82) is 0 Å². The van der Waals surface area contributed by atoms with Gasteiger partial charge in [-0.25, -0.2) is 0 Å². The van der Waals surface area contributed by atoms with Crippen LogP contribution < -0.4 is 5.73 Å². The van der Waals surface area contributed by atoms with Crippen LogP contribution in [0.2, 0.25) is 0 Å². The highest BCUT2D eigenvalue weighted by atomic mass is 16.1. The van der Waals surface area contributed by atoms with E-state index in [4.69, 9.17) is 5.73 Å². The van der Waals surface area contributed by atoms with E-state index in [1.165, 1.54) is 0 Å². The Hall–Kier alpha value is -0.370. The second kappa shape index (κ2) is 3.79. The first-order valence-electron chi connectivity index (χ1n) is 4.89. The molecule has 0 aliphatic rings. The second-order valence-corrected chi connectivity index (χ2v) is 5.57. The number of nitrogens with two attached hydrogens (primary N) is 1. The summed E-state index contributed by atoms with van der Waals surface area (Å²) in [5, 5.41) is 0. The van der Waals surface area contributed by atoms with E-state index < -0.39 is 0 Å². The van der Waals surface area contributed by atoms with Crippen molar-refractivity contribution in [2.24, 2.45) is 17.1 Å². The van der Waals surface area contributed by atoms with Crippen LogP contribution in [0.25, 0.3) is 0 Å². The second-order valence-electron chi connectivity index (χ2n) is 5.57. The lowest BCUT2D eigenvalue weighted by Gasteiger charge is -2.32. The van der Waals surface area contributed by atoms with Crippen LogP contribution >= 0.6 is 0 Å². The van der Waals surface area contributed by atoms with Crippen LogP contribution in [0.15, 0.2) is 0 Å². The lowest BCUT2D eigenvalue weighted by atomic mass is 9.74. The van der Waals surface area contributed by atoms with Crippen molar-refractivity contribution in [3.05, 3.63) is 0 Å². The van der Waals surface area contributed by atoms with Gasteiger partial charge >= 0.3 is 0 Å². The van der Waals surface area contributed by atoms with Gasteiger partial charge < -0.3 is 5.73 Å². The molecular formula is C11H23NO. The molecule has 0 amide bonds. The molecule has 0 aromatic carbocycles. The molecule has 0 saturated carbocycles. The minimum Gasteiger partial charge on any atom is -0.326 e. The van der Waals surface area contributed by atoms with Crippen LogP contribution in [-0.2, 0) is 4.79 Å². The Balaban J connectivity index is 4.49. The molecule has 0 saturated heterocycles. The number of Topliss-reactive ketones (excluding diaryl/α,β-unsaturated/α-hetero) is 1. The molecule has 0 rings (SSSR count). The Morgan fingerprint density at radius 3 is 1.85 bits per heavy atom. The summed E-state index contributed by atoms with van der Waals surface area (Å²) in [7, 11) is 0. The van der Waals surface area contributed by atoms with Crippen molar-refractivity contribution < 1.29 is 4.79 Å². The van der Waals surface area contributed by atoms with E-state index in [1.807, 2.05) is 41.5 Å². The van der Waals surface area contributed by atoms with Crippen molar-refractivity contribution in [3.63, 3.8) is 0 Å². The molecule has 0 spiro atoms. The summed E-state index contributed by atoms with van der Waals surface area (Å²) < 4.78 is 0. The Morgan fingerprint density at radius 2 is 1.62 bits per heavy atom. The molecule has 0 aromatic heterocycles. The van der Waals surface area contributed by atoms with Gasteiger partial charge in [0.05, 0.1) is 0 Å². The van der Waals surface area contributed by atoms with Gasteiger partial charge in [0.15, 0.2) is 0 Å². The molecule has 0 atom stereocenters. The van der Waals surface area contributed by atoms with Gasteiger partial charge in [-0.3, -0.25) is 4.79 Å². The van der Waals surface area contributed by atoms with Gasteiger partial charge in [0, 0.05) is 16.9 Å². The number of hydrogen-bond donors (Lipinski definition) is 1. The van der Waals surface area contributed by atoms with E-state index in [-0.39, 0.29) is 16.9 Å². The molecule has 0 aliphatic heterocycles. The molecular weight excluding hydrogens is 162 g/mol. The maximum atomic E-state index is 11.8. The molecule has 2 heteroatoms. The van der Waals surface area contributed by atoms with Gasteiger partial charge in [-0.1, -0.05) is 27.7 Å². The molecule has 2 nitrogen and oxygen atoms in total. The van der Waals surface area contributed by atoms with Crippen molar-refractivity contribution >= 4 is 5.78 Å². The van der Waals surface area contributed by atoms with Gasteiger partial charge in [-0.05, 0) is 20.3 Å². The molecule has 13 heavy (non-hydrogen) atoms. The Bertz CT molecular complexity index is 187. The third-order valence-corrected chi connectivity index (χ3v) is 2.09. The molecule has 0 bridgehead atoms. The monoisotopic (exact) mass is 185 g/mol. The summed E-state index contributed by atoms with van der Waals surface area (Å²) >= 11 is 0. The average molecular weight is 185 g/mol. The first-order chi connectivity index (χ1) is 5.56. The molecule has 0 radical (unpaired) electrons. The van der Waals surface area contributed by atoms with E-state index in [0.717, 1.165) is 6.42 Å². The maximum Gasteiger partial charge on any atom is 0.141 e. The van der Waals surface area contributed by atoms with Crippen LogP contribution in [0, 0.1) is 11.3 Å². The predicted molar refractivity (Wildman–Crippen MR) is 56.5 cm³/mol. The lowest BCUT2D eigenvalue weighted by Crippen LogP contribution is -2.41. The van der Waals surface area contributed by atoms with Crippen LogP contribution in [0.1, 0.15) is 48.0 Å². The van der Waals surface area contributed by atoms with Crippen LogP contribution in [0.4, 0.5) is 0 Å². The zero-order valence-corrected chi connectivity index (χ0v) is 9.77. The Morgan fingerprint density at radius 1 is 1.23 bits per heavy atom. The van der Waals surface area contributed by atoms with Crippen LogP contribution in [0.3, 0.4) is 0 Å². The smallest absolute Gasteiger partial charge is 0.141 e. The highest BCUT2D eigenvalue weighted by molar-refractivity contribution is 5.85. The normalized spacial score (nSPS) is 13.5. The fourth-order valence-corrected chi connectivity index (χ4v) is 2.01. The SMILES string of the molecule is CC(C)C(=O)C(C)(C)CC(C)(C)N. The molecule has 0 aromatic rings. The fourth-order valence-electron chi connectivity index (χ4n) is 2.01. The third-order valence-electron chi connectivity index (χ3n) is 2.09. The van der Waals surface area contributed by atoms with E-state index in [9.17, 15) is 4.79 Å². The van der Waals surface area contributed by atoms with Crippen LogP contribution in [-0.4, -0.2) is 11.3 Å². The number of carbonyl (C=O) groups excluding carboxylic acids is 1. The largest absolute Gasteiger partial charge is 0.326 e. The minimum atomic E-state index is -0.299. The van der Waals surface area contributed by atoms with Crippen molar-refractivity contribution in [2.75, 3.05) is 0 Å². The molecule has 0 fully saturated rings. The first-order valence-corrected chi connectivity index (χ1v) is 4.89. The molecule has 0 unspecified atom stereocenters. The Labute approximate surface area is 81.9 Å². The van der Waals surface area contributed by atoms with Crippen molar-refractivity contribution in [1.82, 2.24) is 0 Å². The highest BCUT2D eigenvalue weighted by Crippen LogP contribution is 2.30. The van der Waals surface area contributed by atoms with E-state index >= 15 is 0 Å².